The minimum absolute atomic E-state index is 0.253. The molecule has 1 N–H and O–H groups in total. The maximum absolute atomic E-state index is 12.5. The molecule has 0 saturated heterocycles. The lowest BCUT2D eigenvalue weighted by molar-refractivity contribution is -0.122. The van der Waals surface area contributed by atoms with Crippen molar-refractivity contribution in [3.8, 4) is 5.75 Å². The summed E-state index contributed by atoms with van der Waals surface area (Å²) in [4.78, 5) is 24.4. The van der Waals surface area contributed by atoms with Crippen molar-refractivity contribution >= 4 is 17.6 Å². The molecule has 1 amide bonds. The van der Waals surface area contributed by atoms with Gasteiger partial charge in [-0.15, -0.1) is 0 Å². The number of ether oxygens (including phenoxy) is 2. The number of anilines is 1. The maximum Gasteiger partial charge on any atom is 0.338 e. The molecular formula is C23H29NO4. The number of unbranched alkanes of at least 4 members (excludes halogenated alkanes) is 1. The quantitative estimate of drug-likeness (QED) is 0.516. The molecule has 0 fully saturated rings. The Hall–Kier alpha value is -2.82. The van der Waals surface area contributed by atoms with Crippen molar-refractivity contribution in [2.75, 3.05) is 11.9 Å². The van der Waals surface area contributed by atoms with Crippen LogP contribution in [0.5, 0.6) is 5.75 Å². The molecule has 5 nitrogen and oxygen atoms in total. The molecule has 2 aromatic rings. The van der Waals surface area contributed by atoms with E-state index in [2.05, 4.69) is 11.4 Å². The van der Waals surface area contributed by atoms with E-state index < -0.39 is 6.10 Å². The second-order valence-electron chi connectivity index (χ2n) is 7.02. The molecule has 0 aliphatic heterocycles. The Morgan fingerprint density at radius 2 is 1.75 bits per heavy atom. The monoisotopic (exact) mass is 383 g/mol. The Morgan fingerprint density at radius 3 is 2.39 bits per heavy atom. The average molecular weight is 383 g/mol. The van der Waals surface area contributed by atoms with Gasteiger partial charge in [-0.05, 0) is 81.1 Å². The van der Waals surface area contributed by atoms with Gasteiger partial charge in [0.05, 0.1) is 12.2 Å². The highest BCUT2D eigenvalue weighted by atomic mass is 16.5. The predicted molar refractivity (Wildman–Crippen MR) is 111 cm³/mol. The maximum atomic E-state index is 12.5. The van der Waals surface area contributed by atoms with Crippen LogP contribution in [0.3, 0.4) is 0 Å². The van der Waals surface area contributed by atoms with Gasteiger partial charge >= 0.3 is 5.97 Å². The number of carbonyl (C=O) groups excluding carboxylic acids is 2. The minimum atomic E-state index is -0.654. The summed E-state index contributed by atoms with van der Waals surface area (Å²) in [5, 5.41) is 2.81. The second-order valence-corrected chi connectivity index (χ2v) is 7.02. The molecule has 5 heteroatoms. The molecule has 2 rings (SSSR count). The third-order valence-electron chi connectivity index (χ3n) is 4.56. The van der Waals surface area contributed by atoms with Crippen molar-refractivity contribution < 1.29 is 19.1 Å². The lowest BCUT2D eigenvalue weighted by Gasteiger charge is -2.18. The van der Waals surface area contributed by atoms with E-state index in [0.717, 1.165) is 29.5 Å². The highest BCUT2D eigenvalue weighted by molar-refractivity contribution is 5.95. The van der Waals surface area contributed by atoms with Crippen LogP contribution in [0.1, 0.15) is 53.7 Å². The molecule has 0 unspecified atom stereocenters. The van der Waals surface area contributed by atoms with Crippen LogP contribution >= 0.6 is 0 Å². The fourth-order valence-corrected chi connectivity index (χ4v) is 2.69. The van der Waals surface area contributed by atoms with Crippen LogP contribution in [0.25, 0.3) is 0 Å². The topological polar surface area (TPSA) is 64.6 Å². The Morgan fingerprint density at radius 1 is 1.07 bits per heavy atom. The van der Waals surface area contributed by atoms with Gasteiger partial charge in [0.25, 0.3) is 5.91 Å². The van der Waals surface area contributed by atoms with Gasteiger partial charge in [-0.3, -0.25) is 4.79 Å². The number of hydrogen-bond acceptors (Lipinski definition) is 4. The standard InChI is InChI=1S/C23H29NO4/c1-6-7-12-27-23(26)19-8-10-20(11-9-19)24-22(25)18(5)28-21-14-15(2)13-16(3)17(21)4/h8-11,13-14,18H,6-7,12H2,1-5H3,(H,24,25)/t18-/m1/s1. The number of amides is 1. The normalized spacial score (nSPS) is 11.6. The van der Waals surface area contributed by atoms with Gasteiger partial charge in [-0.1, -0.05) is 19.4 Å². The molecular weight excluding hydrogens is 354 g/mol. The Bertz CT molecular complexity index is 827. The van der Waals surface area contributed by atoms with Gasteiger partial charge in [-0.25, -0.2) is 4.79 Å². The summed E-state index contributed by atoms with van der Waals surface area (Å²) in [6.07, 6.45) is 1.16. The molecule has 150 valence electrons. The van der Waals surface area contributed by atoms with Crippen LogP contribution in [0.15, 0.2) is 36.4 Å². The molecule has 0 aliphatic rings. The number of nitrogens with one attached hydrogen (secondary N) is 1. The van der Waals surface area contributed by atoms with E-state index in [4.69, 9.17) is 9.47 Å². The SMILES string of the molecule is CCCCOC(=O)c1ccc(NC(=O)[C@@H](C)Oc2cc(C)cc(C)c2C)cc1. The summed E-state index contributed by atoms with van der Waals surface area (Å²) in [7, 11) is 0. The van der Waals surface area contributed by atoms with Gasteiger partial charge < -0.3 is 14.8 Å². The van der Waals surface area contributed by atoms with Gasteiger partial charge in [0.15, 0.2) is 6.10 Å². The molecule has 1 atom stereocenters. The third kappa shape index (κ3) is 5.84. The van der Waals surface area contributed by atoms with Crippen LogP contribution < -0.4 is 10.1 Å². The van der Waals surface area contributed by atoms with Gasteiger partial charge in [-0.2, -0.15) is 0 Å². The largest absolute Gasteiger partial charge is 0.481 e. The van der Waals surface area contributed by atoms with Gasteiger partial charge in [0.1, 0.15) is 5.75 Å². The summed E-state index contributed by atoms with van der Waals surface area (Å²) in [5.74, 6) is 0.107. The van der Waals surface area contributed by atoms with Crippen LogP contribution in [0.2, 0.25) is 0 Å². The summed E-state index contributed by atoms with van der Waals surface area (Å²) in [5.41, 5.74) is 4.30. The number of esters is 1. The van der Waals surface area contributed by atoms with Crippen LogP contribution in [-0.4, -0.2) is 24.6 Å². The van der Waals surface area contributed by atoms with Crippen molar-refractivity contribution in [1.29, 1.82) is 0 Å². The number of aryl methyl sites for hydroxylation is 2. The average Bonchev–Trinajstić information content (AvgIpc) is 2.66. The first kappa shape index (κ1) is 21.5. The minimum Gasteiger partial charge on any atom is -0.481 e. The lowest BCUT2D eigenvalue weighted by atomic mass is 10.1. The zero-order valence-electron chi connectivity index (χ0n) is 17.3. The van der Waals surface area contributed by atoms with Crippen LogP contribution in [0.4, 0.5) is 5.69 Å². The molecule has 0 aliphatic carbocycles. The molecule has 0 aromatic heterocycles. The van der Waals surface area contributed by atoms with Crippen molar-refractivity contribution in [2.45, 2.75) is 53.6 Å². The Balaban J connectivity index is 1.96. The van der Waals surface area contributed by atoms with E-state index in [9.17, 15) is 9.59 Å². The number of hydrogen-bond donors (Lipinski definition) is 1. The Kier molecular flexibility index (Phi) is 7.61. The lowest BCUT2D eigenvalue weighted by Crippen LogP contribution is -2.30. The number of benzene rings is 2. The highest BCUT2D eigenvalue weighted by Crippen LogP contribution is 2.24. The van der Waals surface area contributed by atoms with E-state index in [1.807, 2.05) is 33.8 Å². The van der Waals surface area contributed by atoms with Crippen molar-refractivity contribution in [3.05, 3.63) is 58.7 Å². The molecule has 0 saturated carbocycles. The van der Waals surface area contributed by atoms with E-state index in [0.29, 0.717) is 23.6 Å². The first-order valence-corrected chi connectivity index (χ1v) is 9.64. The molecule has 0 radical (unpaired) electrons. The Labute approximate surface area is 167 Å². The predicted octanol–water partition coefficient (Wildman–Crippen LogP) is 4.97. The molecule has 2 aromatic carbocycles. The molecule has 0 bridgehead atoms. The van der Waals surface area contributed by atoms with Crippen molar-refractivity contribution in [1.82, 2.24) is 0 Å². The molecule has 0 spiro atoms. The zero-order chi connectivity index (χ0) is 20.7. The highest BCUT2D eigenvalue weighted by Gasteiger charge is 2.17. The number of rotatable bonds is 8. The third-order valence-corrected chi connectivity index (χ3v) is 4.56. The van der Waals surface area contributed by atoms with Crippen LogP contribution in [0, 0.1) is 20.8 Å². The summed E-state index contributed by atoms with van der Waals surface area (Å²) < 4.78 is 11.0. The van der Waals surface area contributed by atoms with Crippen molar-refractivity contribution in [3.63, 3.8) is 0 Å². The second kappa shape index (κ2) is 9.93. The van der Waals surface area contributed by atoms with Crippen LogP contribution in [-0.2, 0) is 9.53 Å². The fourth-order valence-electron chi connectivity index (χ4n) is 2.69. The van der Waals surface area contributed by atoms with E-state index in [-0.39, 0.29) is 11.9 Å². The summed E-state index contributed by atoms with van der Waals surface area (Å²) in [6, 6.07) is 10.7. The number of carbonyl (C=O) groups is 2. The van der Waals surface area contributed by atoms with Crippen molar-refractivity contribution in [2.24, 2.45) is 0 Å². The van der Waals surface area contributed by atoms with E-state index in [1.54, 1.807) is 31.2 Å². The first-order valence-electron chi connectivity index (χ1n) is 9.64. The van der Waals surface area contributed by atoms with E-state index in [1.165, 1.54) is 0 Å². The fraction of sp³-hybridized carbons (Fsp3) is 0.391. The molecule has 0 heterocycles. The zero-order valence-corrected chi connectivity index (χ0v) is 17.3. The summed E-state index contributed by atoms with van der Waals surface area (Å²) >= 11 is 0. The molecule has 28 heavy (non-hydrogen) atoms. The smallest absolute Gasteiger partial charge is 0.338 e. The first-order chi connectivity index (χ1) is 13.3. The van der Waals surface area contributed by atoms with E-state index >= 15 is 0 Å². The summed E-state index contributed by atoms with van der Waals surface area (Å²) in [6.45, 7) is 10.2. The van der Waals surface area contributed by atoms with Gasteiger partial charge in [0.2, 0.25) is 0 Å². The van der Waals surface area contributed by atoms with Gasteiger partial charge in [0, 0.05) is 5.69 Å².